The molecule has 30 nitrogen and oxygen atoms in total. The van der Waals surface area contributed by atoms with Gasteiger partial charge in [-0.25, -0.2) is 60.0 Å². The van der Waals surface area contributed by atoms with Crippen molar-refractivity contribution in [1.29, 1.82) is 0 Å². The van der Waals surface area contributed by atoms with Crippen molar-refractivity contribution in [1.82, 2.24) is 60.3 Å². The topological polar surface area (TPSA) is 398 Å². The third-order valence-corrected chi connectivity index (χ3v) is 23.3. The van der Waals surface area contributed by atoms with Gasteiger partial charge < -0.3 is 64.4 Å². The maximum absolute atomic E-state index is 14.8. The molecule has 12 heterocycles. The number of methoxy groups -OCH3 is 7. The minimum absolute atomic E-state index is 0.0472. The summed E-state index contributed by atoms with van der Waals surface area (Å²) < 4.78 is 181. The lowest BCUT2D eigenvalue weighted by Crippen LogP contribution is -2.24. The predicted molar refractivity (Wildman–Crippen MR) is 512 cm³/mol. The standard InChI is InChI=1S/C31H27F2N3O5.C22H17ClF2N2O3.C22H17F2N3O3.C21H15F2N3O3.C8H10N2O2.C2HF3O/c1-39-22-10-8-19(27(14-22)40-2)16-36-17-26-29(31(36)38)20(12-21-9-7-18(15-34-21)11-28(37)41-3)13-25(35-26)30-23(32)5-4-6-24(30)33;1-29-13-7-6-12(19(8-13)30-2)10-27-11-18-20(22(27)28)14(23)9-17(26-18)21-15(24)4-3-5-16(21)25;1-30-19(28)7-12-5-6-14(25-10-12)8-13-9-17(21-15(23)3-2-4-16(21)24)27-18-11-26-22(29)20(13)18;22-14-2-1-3-15(23)20(14)16-8-12(19-17(26-16)10-25-21(19)29)7-13-5-4-11(9-24-13)6-18(27)28;1-12-8(11)4-6-2-3-7(9)10-5-6;3-2(4,5)1-6/h4-10,13-15H,11-12,16-17H2,1-3H3;3-9H,10-11H2,1-2H3;2-6,9-10H,7-8,11H2,1H3,(H,26,29);1-5,8-9H,6-7,10H2,(H,25,29)(H,27,28);2-3,5H,4H2,1H3,(H2,9,10);1H. The molecule has 8 aromatic heterocycles. The maximum Gasteiger partial charge on any atom is 0.446 e. The normalized spacial score (nSPS) is 12.2. The van der Waals surface area contributed by atoms with Gasteiger partial charge >= 0.3 is 30.1 Å². The maximum atomic E-state index is 14.8. The Kier molecular flexibility index (Phi) is 35.5. The minimum Gasteiger partial charge on any atom is -0.497 e. The van der Waals surface area contributed by atoms with Crippen molar-refractivity contribution in [3.05, 3.63) is 371 Å². The van der Waals surface area contributed by atoms with E-state index in [-0.39, 0.29) is 181 Å². The Bertz CT molecular complexity index is 7310. The van der Waals surface area contributed by atoms with Gasteiger partial charge in [0.15, 0.2) is 0 Å². The van der Waals surface area contributed by atoms with Crippen molar-refractivity contribution in [2.24, 2.45) is 0 Å². The molecular weight excluding hydrogens is 1970 g/mol. The van der Waals surface area contributed by atoms with Crippen molar-refractivity contribution >= 4 is 71.2 Å². The fourth-order valence-electron chi connectivity index (χ4n) is 15.9. The summed E-state index contributed by atoms with van der Waals surface area (Å²) >= 11 is 6.32. The third-order valence-electron chi connectivity index (χ3n) is 23.0. The SMILES string of the molecule is COC(=O)Cc1ccc(Cc2cc(-c3c(F)cccc3F)nc3c2C(=O)N(Cc2ccc(OC)cc2OC)C3)nc1.COC(=O)Cc1ccc(Cc2cc(-c3c(F)cccc3F)nc3c2C(=O)NC3)nc1.COC(=O)Cc1ccc(N)nc1.COc1ccc(CN2Cc3nc(-c4c(F)cccc4F)cc(Cl)c3C2=O)c(OC)c1.O=C(O)Cc1ccc(Cc2cc(-c3c(F)cccc3F)nc3c2C(=O)NC3)nc1.O=CC(F)(F)F. The number of hydrogen-bond acceptors (Lipinski definition) is 25. The highest BCUT2D eigenvalue weighted by Crippen LogP contribution is 2.41. The monoisotopic (exact) mass is 2060 g/mol. The van der Waals surface area contributed by atoms with Crippen LogP contribution in [0.3, 0.4) is 0 Å². The number of amides is 4. The molecule has 14 aromatic rings. The van der Waals surface area contributed by atoms with Crippen LogP contribution in [0.1, 0.15) is 131 Å². The first-order valence-electron chi connectivity index (χ1n) is 44.5. The number of ether oxygens (including phenoxy) is 7. The van der Waals surface area contributed by atoms with E-state index in [2.05, 4.69) is 60.0 Å². The number of carboxylic acids is 1. The number of rotatable bonds is 26. The zero-order valence-electron chi connectivity index (χ0n) is 79.5. The number of aromatic nitrogens is 8. The Morgan fingerprint density at radius 1 is 0.392 bits per heavy atom. The van der Waals surface area contributed by atoms with Gasteiger partial charge in [0.2, 0.25) is 6.29 Å². The number of fused-ring (bicyclic) bond motifs is 4. The summed E-state index contributed by atoms with van der Waals surface area (Å²) in [7, 11) is 10.2. The van der Waals surface area contributed by atoms with Gasteiger partial charge in [-0.1, -0.05) is 60.1 Å². The first-order chi connectivity index (χ1) is 70.9. The van der Waals surface area contributed by atoms with Crippen molar-refractivity contribution in [2.75, 3.05) is 55.5 Å². The summed E-state index contributed by atoms with van der Waals surface area (Å²) in [5.41, 5.74) is 15.5. The number of nitrogen functional groups attached to an aromatic ring is 1. The van der Waals surface area contributed by atoms with E-state index in [1.54, 1.807) is 121 Å². The Balaban J connectivity index is 0.000000157. The van der Waals surface area contributed by atoms with Crippen LogP contribution in [0.2, 0.25) is 5.02 Å². The quantitative estimate of drug-likeness (QED) is 0.0169. The molecule has 0 bridgehead atoms. The van der Waals surface area contributed by atoms with Gasteiger partial charge in [-0.15, -0.1) is 0 Å². The van der Waals surface area contributed by atoms with Crippen LogP contribution in [0.15, 0.2) is 207 Å². The molecule has 4 aliphatic heterocycles. The van der Waals surface area contributed by atoms with E-state index in [1.165, 1.54) is 96.3 Å². The van der Waals surface area contributed by atoms with E-state index in [0.29, 0.717) is 119 Å². The summed E-state index contributed by atoms with van der Waals surface area (Å²) in [6, 6.07) is 44.6. The number of esters is 3. The summed E-state index contributed by atoms with van der Waals surface area (Å²) in [4.78, 5) is 142. The Morgan fingerprint density at radius 2 is 0.703 bits per heavy atom. The van der Waals surface area contributed by atoms with E-state index in [9.17, 15) is 86.7 Å². The highest BCUT2D eigenvalue weighted by molar-refractivity contribution is 6.34. The highest BCUT2D eigenvalue weighted by Gasteiger charge is 2.37. The zero-order valence-corrected chi connectivity index (χ0v) is 80.2. The molecule has 0 spiro atoms. The van der Waals surface area contributed by atoms with Gasteiger partial charge in [0.1, 0.15) is 75.4 Å². The number of carbonyl (C=O) groups excluding carboxylic acids is 8. The Hall–Kier alpha value is -17.5. The first kappa shape index (κ1) is 108. The van der Waals surface area contributed by atoms with Crippen molar-refractivity contribution in [3.8, 4) is 68.0 Å². The smallest absolute Gasteiger partial charge is 0.446 e. The summed E-state index contributed by atoms with van der Waals surface area (Å²) in [6.07, 6.45) is 1.43. The van der Waals surface area contributed by atoms with Gasteiger partial charge in [0.05, 0.1) is 210 Å². The Labute approximate surface area is 841 Å². The number of alkyl halides is 3. The van der Waals surface area contributed by atoms with Crippen LogP contribution >= 0.6 is 11.6 Å². The Morgan fingerprint density at radius 3 is 1.01 bits per heavy atom. The highest BCUT2D eigenvalue weighted by atomic mass is 35.5. The van der Waals surface area contributed by atoms with E-state index >= 15 is 0 Å². The molecule has 0 unspecified atom stereocenters. The molecular formula is C106H87ClF11N13O17. The second-order valence-electron chi connectivity index (χ2n) is 32.8. The average Bonchev–Trinajstić information content (AvgIpc) is 1.61. The molecule has 762 valence electrons. The van der Waals surface area contributed by atoms with E-state index in [0.717, 1.165) is 53.1 Å². The molecule has 0 radical (unpaired) electrons. The van der Waals surface area contributed by atoms with Crippen molar-refractivity contribution in [2.45, 2.75) is 90.4 Å². The summed E-state index contributed by atoms with van der Waals surface area (Å²) in [5, 5.41) is 14.3. The molecule has 18 rings (SSSR count). The number of nitrogens with two attached hydrogens (primary N) is 1. The van der Waals surface area contributed by atoms with Crippen LogP contribution in [0, 0.1) is 46.5 Å². The molecule has 0 saturated heterocycles. The van der Waals surface area contributed by atoms with Crippen LogP contribution in [0.25, 0.3) is 45.0 Å². The fourth-order valence-corrected chi connectivity index (χ4v) is 16.2. The van der Waals surface area contributed by atoms with Crippen LogP contribution in [0.4, 0.5) is 54.1 Å². The number of nitrogens with one attached hydrogen (secondary N) is 2. The molecule has 42 heteroatoms. The number of anilines is 1. The minimum atomic E-state index is -4.64. The first-order valence-corrected chi connectivity index (χ1v) is 44.9. The van der Waals surface area contributed by atoms with Gasteiger partial charge in [0.25, 0.3) is 23.6 Å². The fraction of sp³-hybridized carbons (Fsp3) is 0.198. The van der Waals surface area contributed by atoms with Gasteiger partial charge in [-0.2, -0.15) is 13.2 Å². The molecule has 0 aliphatic carbocycles. The number of aldehydes is 1. The van der Waals surface area contributed by atoms with Gasteiger partial charge in [0, 0.05) is 84.4 Å². The van der Waals surface area contributed by atoms with Crippen LogP contribution < -0.4 is 35.3 Å². The number of aliphatic carboxylic acids is 1. The average molecular weight is 2060 g/mol. The molecule has 0 fully saturated rings. The second kappa shape index (κ2) is 48.7. The third kappa shape index (κ3) is 26.7. The molecule has 0 atom stereocenters. The number of carbonyl (C=O) groups is 9. The lowest BCUT2D eigenvalue weighted by Gasteiger charge is -2.18. The van der Waals surface area contributed by atoms with Crippen LogP contribution in [-0.4, -0.2) is 165 Å². The summed E-state index contributed by atoms with van der Waals surface area (Å²) in [6.45, 7) is 1.15. The van der Waals surface area contributed by atoms with E-state index < -0.39 is 65.0 Å². The molecule has 4 aliphatic rings. The molecule has 148 heavy (non-hydrogen) atoms. The van der Waals surface area contributed by atoms with Crippen molar-refractivity contribution < 1.29 is 130 Å². The molecule has 5 N–H and O–H groups in total. The van der Waals surface area contributed by atoms with Crippen LogP contribution in [0.5, 0.6) is 23.0 Å². The number of halogens is 12. The second-order valence-corrected chi connectivity index (χ2v) is 33.2. The molecule has 4 amide bonds. The number of pyridine rings is 8. The van der Waals surface area contributed by atoms with Gasteiger partial charge in [-0.3, -0.25) is 58.1 Å². The number of hydrogen-bond donors (Lipinski definition) is 4. The number of benzene rings is 6. The number of carboxylic acid groups (broad SMARTS) is 1. The molecule has 0 saturated carbocycles. The van der Waals surface area contributed by atoms with Crippen LogP contribution in [-0.2, 0) is 122 Å². The largest absolute Gasteiger partial charge is 0.497 e. The van der Waals surface area contributed by atoms with E-state index in [1.807, 2.05) is 12.1 Å². The van der Waals surface area contributed by atoms with Gasteiger partial charge in [-0.05, 0) is 160 Å². The van der Waals surface area contributed by atoms with E-state index in [4.69, 9.17) is 50.9 Å². The lowest BCUT2D eigenvalue weighted by atomic mass is 9.98. The van der Waals surface area contributed by atoms with Crippen molar-refractivity contribution in [3.63, 3.8) is 0 Å². The summed E-state index contributed by atoms with van der Waals surface area (Å²) in [5.74, 6) is -6.23. The lowest BCUT2D eigenvalue weighted by molar-refractivity contribution is -0.156. The zero-order chi connectivity index (χ0) is 106. The number of nitrogens with zero attached hydrogens (tertiary/aromatic N) is 10. The predicted octanol–water partition coefficient (Wildman–Crippen LogP) is 16.7. The molecule has 6 aromatic carbocycles.